The molecule has 84 valence electrons. The molecule has 0 aliphatic rings. The van der Waals surface area contributed by atoms with Crippen molar-refractivity contribution in [3.8, 4) is 0 Å². The Bertz CT molecular complexity index is 432. The van der Waals surface area contributed by atoms with Gasteiger partial charge in [0, 0.05) is 5.56 Å². The minimum Gasteiger partial charge on any atom is -0.266 e. The molecule has 0 saturated heterocycles. The monoisotopic (exact) mass is 216 g/mol. The number of carbonyl (C=O) groups excluding carboxylic acids is 1. The summed E-state index contributed by atoms with van der Waals surface area (Å²) >= 11 is 0. The van der Waals surface area contributed by atoms with E-state index in [2.05, 4.69) is 16.0 Å². The fraction of sp³-hybridized carbons (Fsp3) is 0.385. The van der Waals surface area contributed by atoms with E-state index in [-0.39, 0.29) is 11.4 Å². The lowest BCUT2D eigenvalue weighted by Crippen LogP contribution is -2.08. The van der Waals surface area contributed by atoms with E-state index in [0.29, 0.717) is 5.56 Å². The van der Waals surface area contributed by atoms with Crippen molar-refractivity contribution in [2.45, 2.75) is 33.2 Å². The van der Waals surface area contributed by atoms with Crippen molar-refractivity contribution >= 4 is 11.9 Å². The van der Waals surface area contributed by atoms with E-state index in [1.54, 1.807) is 12.1 Å². The molecular weight excluding hydrogens is 200 g/mol. The lowest BCUT2D eigenvalue weighted by Gasteiger charge is -2.06. The molecule has 0 radical (unpaired) electrons. The highest BCUT2D eigenvalue weighted by atomic mass is 16.1. The molecule has 1 aromatic carbocycles. The number of amides is 1. The molecule has 0 heterocycles. The second-order valence-electron chi connectivity index (χ2n) is 4.67. The number of hydrogen-bond acceptors (Lipinski definition) is 2. The summed E-state index contributed by atoms with van der Waals surface area (Å²) in [6.07, 6.45) is 0. The van der Waals surface area contributed by atoms with Gasteiger partial charge in [0.1, 0.15) is 0 Å². The zero-order valence-corrected chi connectivity index (χ0v) is 10.1. The van der Waals surface area contributed by atoms with Gasteiger partial charge in [-0.15, -0.1) is 4.99 Å². The Morgan fingerprint density at radius 1 is 1.19 bits per heavy atom. The molecule has 0 unspecified atom stereocenters. The summed E-state index contributed by atoms with van der Waals surface area (Å²) in [5.41, 5.74) is 1.42. The third-order valence-corrected chi connectivity index (χ3v) is 1.84. The third-order valence-electron chi connectivity index (χ3n) is 1.84. The molecule has 1 amide bonds. The maximum absolute atomic E-state index is 11.6. The zero-order chi connectivity index (χ0) is 12.2. The summed E-state index contributed by atoms with van der Waals surface area (Å²) in [5, 5.41) is 0. The van der Waals surface area contributed by atoms with Crippen LogP contribution in [0.1, 0.15) is 36.7 Å². The summed E-state index contributed by atoms with van der Waals surface area (Å²) in [7, 11) is 0. The summed E-state index contributed by atoms with van der Waals surface area (Å²) in [4.78, 5) is 19.2. The number of rotatable bonds is 1. The summed E-state index contributed by atoms with van der Waals surface area (Å²) < 4.78 is 0. The largest absolute Gasteiger partial charge is 0.286 e. The van der Waals surface area contributed by atoms with Gasteiger partial charge in [-0.3, -0.25) is 4.79 Å². The molecule has 0 fully saturated rings. The van der Waals surface area contributed by atoms with Crippen LogP contribution in [0.4, 0.5) is 0 Å². The van der Waals surface area contributed by atoms with Gasteiger partial charge in [-0.2, -0.15) is 0 Å². The van der Waals surface area contributed by atoms with Crippen molar-refractivity contribution in [3.05, 3.63) is 35.4 Å². The van der Waals surface area contributed by atoms with Crippen molar-refractivity contribution < 1.29 is 4.79 Å². The molecule has 0 atom stereocenters. The first-order valence-electron chi connectivity index (χ1n) is 5.17. The van der Waals surface area contributed by atoms with Crippen LogP contribution in [0, 0.1) is 6.92 Å². The van der Waals surface area contributed by atoms with Crippen LogP contribution >= 0.6 is 0 Å². The standard InChI is InChI=1S/C13H16N2O/c1-10-5-7-11(8-6-10)12(16)14-9-15-13(2,3)4/h5-8H,1-4H3. The SMILES string of the molecule is Cc1ccc(C(=O)N=C=NC(C)(C)C)cc1. The number of carbonyl (C=O) groups is 1. The van der Waals surface area contributed by atoms with Crippen LogP contribution < -0.4 is 0 Å². The van der Waals surface area contributed by atoms with Crippen LogP contribution in [0.25, 0.3) is 0 Å². The Balaban J connectivity index is 2.81. The third kappa shape index (κ3) is 4.20. The second kappa shape index (κ2) is 4.86. The molecule has 0 saturated carbocycles. The molecule has 1 rings (SSSR count). The molecule has 0 bridgehead atoms. The first-order valence-corrected chi connectivity index (χ1v) is 5.17. The summed E-state index contributed by atoms with van der Waals surface area (Å²) in [5.74, 6) is -0.312. The first kappa shape index (κ1) is 12.3. The van der Waals surface area contributed by atoms with Crippen LogP contribution in [0.2, 0.25) is 0 Å². The maximum atomic E-state index is 11.6. The minimum absolute atomic E-state index is 0.253. The van der Waals surface area contributed by atoms with Crippen LogP contribution in [-0.4, -0.2) is 17.5 Å². The molecular formula is C13H16N2O. The lowest BCUT2D eigenvalue weighted by atomic mass is 10.1. The van der Waals surface area contributed by atoms with Gasteiger partial charge in [0.25, 0.3) is 5.91 Å². The van der Waals surface area contributed by atoms with Crippen molar-refractivity contribution in [2.24, 2.45) is 9.98 Å². The molecule has 0 spiro atoms. The number of hydrogen-bond donors (Lipinski definition) is 0. The Labute approximate surface area is 95.9 Å². The van der Waals surface area contributed by atoms with Crippen molar-refractivity contribution in [1.82, 2.24) is 0 Å². The smallest absolute Gasteiger partial charge is 0.266 e. The molecule has 3 nitrogen and oxygen atoms in total. The van der Waals surface area contributed by atoms with E-state index in [1.165, 1.54) is 0 Å². The molecule has 0 aliphatic carbocycles. The summed E-state index contributed by atoms with van der Waals surface area (Å²) in [6, 6.07) is 9.70. The molecule has 0 aliphatic heterocycles. The predicted molar refractivity (Wildman–Crippen MR) is 65.1 cm³/mol. The van der Waals surface area contributed by atoms with E-state index >= 15 is 0 Å². The number of nitrogens with zero attached hydrogens (tertiary/aromatic N) is 2. The number of aryl methyl sites for hydroxylation is 1. The van der Waals surface area contributed by atoms with Gasteiger partial charge < -0.3 is 0 Å². The van der Waals surface area contributed by atoms with Gasteiger partial charge in [0.15, 0.2) is 0 Å². The fourth-order valence-corrected chi connectivity index (χ4v) is 0.981. The van der Waals surface area contributed by atoms with Gasteiger partial charge in [-0.05, 0) is 39.8 Å². The second-order valence-corrected chi connectivity index (χ2v) is 4.67. The highest BCUT2D eigenvalue weighted by molar-refractivity contribution is 5.97. The molecule has 16 heavy (non-hydrogen) atoms. The van der Waals surface area contributed by atoms with Crippen molar-refractivity contribution in [2.75, 3.05) is 0 Å². The van der Waals surface area contributed by atoms with Crippen LogP contribution in [-0.2, 0) is 0 Å². The Hall–Kier alpha value is -1.73. The Kier molecular flexibility index (Phi) is 3.75. The average Bonchev–Trinajstić information content (AvgIpc) is 2.16. The van der Waals surface area contributed by atoms with E-state index < -0.39 is 0 Å². The normalized spacial score (nSPS) is 10.5. The van der Waals surface area contributed by atoms with Gasteiger partial charge >= 0.3 is 0 Å². The topological polar surface area (TPSA) is 41.8 Å². The van der Waals surface area contributed by atoms with Crippen molar-refractivity contribution in [1.29, 1.82) is 0 Å². The van der Waals surface area contributed by atoms with Gasteiger partial charge in [-0.25, -0.2) is 4.99 Å². The molecule has 1 aromatic rings. The molecule has 3 heteroatoms. The van der Waals surface area contributed by atoms with E-state index in [9.17, 15) is 4.79 Å². The first-order chi connectivity index (χ1) is 7.38. The van der Waals surface area contributed by atoms with Gasteiger partial charge in [-0.1, -0.05) is 17.7 Å². The van der Waals surface area contributed by atoms with Crippen LogP contribution in [0.3, 0.4) is 0 Å². The Morgan fingerprint density at radius 3 is 2.25 bits per heavy atom. The minimum atomic E-state index is -0.312. The number of benzene rings is 1. The highest BCUT2D eigenvalue weighted by Gasteiger charge is 2.05. The zero-order valence-electron chi connectivity index (χ0n) is 10.1. The lowest BCUT2D eigenvalue weighted by molar-refractivity contribution is 0.100. The predicted octanol–water partition coefficient (Wildman–Crippen LogP) is 3.11. The number of aliphatic imine (C=N–C) groups is 2. The average molecular weight is 216 g/mol. The highest BCUT2D eigenvalue weighted by Crippen LogP contribution is 2.05. The van der Waals surface area contributed by atoms with E-state index in [0.717, 1.165) is 5.56 Å². The Morgan fingerprint density at radius 2 is 1.75 bits per heavy atom. The summed E-state index contributed by atoms with van der Waals surface area (Å²) in [6.45, 7) is 7.74. The molecule has 0 N–H and O–H groups in total. The van der Waals surface area contributed by atoms with Crippen LogP contribution in [0.5, 0.6) is 0 Å². The van der Waals surface area contributed by atoms with Gasteiger partial charge in [0.05, 0.1) is 11.5 Å². The van der Waals surface area contributed by atoms with Crippen molar-refractivity contribution in [3.63, 3.8) is 0 Å². The van der Waals surface area contributed by atoms with Crippen LogP contribution in [0.15, 0.2) is 34.3 Å². The fourth-order valence-electron chi connectivity index (χ4n) is 0.981. The maximum Gasteiger partial charge on any atom is 0.286 e. The van der Waals surface area contributed by atoms with Gasteiger partial charge in [0.2, 0.25) is 0 Å². The van der Waals surface area contributed by atoms with E-state index in [4.69, 9.17) is 0 Å². The van der Waals surface area contributed by atoms with E-state index in [1.807, 2.05) is 39.8 Å². The molecule has 0 aromatic heterocycles. The quantitative estimate of drug-likeness (QED) is 0.665.